The van der Waals surface area contributed by atoms with E-state index in [4.69, 9.17) is 4.74 Å². The minimum atomic E-state index is -3.54. The highest BCUT2D eigenvalue weighted by Gasteiger charge is 2.21. The van der Waals surface area contributed by atoms with E-state index in [1.54, 1.807) is 24.3 Å². The molecule has 25 heavy (non-hydrogen) atoms. The summed E-state index contributed by atoms with van der Waals surface area (Å²) in [5, 5.41) is 2.88. The quantitative estimate of drug-likeness (QED) is 0.730. The first-order chi connectivity index (χ1) is 11.8. The molecule has 0 atom stereocenters. The normalized spacial score (nSPS) is 16.0. The summed E-state index contributed by atoms with van der Waals surface area (Å²) in [6, 6.07) is 6.50. The van der Waals surface area contributed by atoms with E-state index in [1.807, 2.05) is 0 Å². The summed E-state index contributed by atoms with van der Waals surface area (Å²) in [4.78, 5) is 14.4. The molecule has 1 amide bonds. The highest BCUT2D eigenvalue weighted by molar-refractivity contribution is 7.90. The molecule has 1 heterocycles. The molecule has 1 fully saturated rings. The molecule has 0 bridgehead atoms. The lowest BCUT2D eigenvalue weighted by Gasteiger charge is -2.26. The summed E-state index contributed by atoms with van der Waals surface area (Å²) in [7, 11) is 0.888. The zero-order valence-corrected chi connectivity index (χ0v) is 15.8. The maximum absolute atomic E-state index is 12.2. The van der Waals surface area contributed by atoms with Gasteiger partial charge < -0.3 is 10.1 Å². The van der Waals surface area contributed by atoms with Crippen molar-refractivity contribution in [2.24, 2.45) is 0 Å². The Hall–Kier alpha value is -1.68. The molecule has 9 heteroatoms. The van der Waals surface area contributed by atoms with Crippen molar-refractivity contribution >= 4 is 21.8 Å². The number of nitrogens with zero attached hydrogens (tertiary/aromatic N) is 3. The first-order valence-corrected chi connectivity index (χ1v) is 9.57. The smallest absolute Gasteiger partial charge is 0.303 e. The fraction of sp³-hybridized carbons (Fsp3) is 0.562. The molecule has 0 radical (unpaired) electrons. The van der Waals surface area contributed by atoms with Crippen LogP contribution >= 0.6 is 0 Å². The maximum Gasteiger partial charge on any atom is 0.303 e. The van der Waals surface area contributed by atoms with E-state index >= 15 is 0 Å². The van der Waals surface area contributed by atoms with Crippen molar-refractivity contribution in [2.45, 2.75) is 0 Å². The van der Waals surface area contributed by atoms with E-state index in [2.05, 4.69) is 10.2 Å². The van der Waals surface area contributed by atoms with Gasteiger partial charge in [0.1, 0.15) is 0 Å². The standard InChI is InChI=1S/C16H26N4O4S/c1-18(2)25(22,23)19(3)15-6-4-14(5-7-15)16(21)17-8-9-20-10-12-24-13-11-20/h4-7H,8-13H2,1-3H3,(H,17,21). The Bertz CT molecular complexity index is 670. The van der Waals surface area contributed by atoms with E-state index < -0.39 is 10.2 Å². The van der Waals surface area contributed by atoms with Gasteiger partial charge in [0.25, 0.3) is 5.91 Å². The van der Waals surface area contributed by atoms with Crippen LogP contribution in [0.2, 0.25) is 0 Å². The molecule has 1 aromatic rings. The summed E-state index contributed by atoms with van der Waals surface area (Å²) < 4.78 is 31.8. The Morgan fingerprint density at radius 2 is 1.76 bits per heavy atom. The second-order valence-electron chi connectivity index (χ2n) is 6.01. The van der Waals surface area contributed by atoms with Crippen LogP contribution in [0.4, 0.5) is 5.69 Å². The number of anilines is 1. The van der Waals surface area contributed by atoms with Crippen molar-refractivity contribution in [3.63, 3.8) is 0 Å². The van der Waals surface area contributed by atoms with Gasteiger partial charge in [0.15, 0.2) is 0 Å². The molecule has 140 valence electrons. The van der Waals surface area contributed by atoms with Crippen LogP contribution < -0.4 is 9.62 Å². The van der Waals surface area contributed by atoms with Crippen molar-refractivity contribution < 1.29 is 17.9 Å². The molecule has 0 aromatic heterocycles. The van der Waals surface area contributed by atoms with Crippen molar-refractivity contribution in [1.29, 1.82) is 0 Å². The predicted molar refractivity (Wildman–Crippen MR) is 97.0 cm³/mol. The van der Waals surface area contributed by atoms with Crippen molar-refractivity contribution in [1.82, 2.24) is 14.5 Å². The van der Waals surface area contributed by atoms with Crippen LogP contribution in [0.15, 0.2) is 24.3 Å². The van der Waals surface area contributed by atoms with Crippen LogP contribution in [0, 0.1) is 0 Å². The Labute approximate surface area is 149 Å². The number of morpholine rings is 1. The Balaban J connectivity index is 1.89. The second kappa shape index (κ2) is 8.61. The van der Waals surface area contributed by atoms with Crippen LogP contribution in [0.3, 0.4) is 0 Å². The molecule has 8 nitrogen and oxygen atoms in total. The molecule has 1 N–H and O–H groups in total. The number of ether oxygens (including phenoxy) is 1. The Morgan fingerprint density at radius 1 is 1.16 bits per heavy atom. The van der Waals surface area contributed by atoms with Crippen LogP contribution in [0.5, 0.6) is 0 Å². The number of carbonyl (C=O) groups is 1. The Kier molecular flexibility index (Phi) is 6.77. The average molecular weight is 370 g/mol. The van der Waals surface area contributed by atoms with Crippen LogP contribution in [-0.4, -0.2) is 84.1 Å². The number of benzene rings is 1. The molecule has 1 aliphatic heterocycles. The van der Waals surface area contributed by atoms with Gasteiger partial charge in [-0.2, -0.15) is 12.7 Å². The monoisotopic (exact) mass is 370 g/mol. The topological polar surface area (TPSA) is 82.2 Å². The first-order valence-electron chi connectivity index (χ1n) is 8.17. The summed E-state index contributed by atoms with van der Waals surface area (Å²) in [6.45, 7) is 4.60. The summed E-state index contributed by atoms with van der Waals surface area (Å²) in [5.74, 6) is -0.169. The minimum absolute atomic E-state index is 0.169. The molecule has 0 spiro atoms. The molecule has 1 aromatic carbocycles. The molecule has 2 rings (SSSR count). The predicted octanol–water partition coefficient (Wildman–Crippen LogP) is -0.00880. The van der Waals surface area contributed by atoms with E-state index in [-0.39, 0.29) is 5.91 Å². The maximum atomic E-state index is 12.2. The highest BCUT2D eigenvalue weighted by Crippen LogP contribution is 2.18. The summed E-state index contributed by atoms with van der Waals surface area (Å²) in [6.07, 6.45) is 0. The summed E-state index contributed by atoms with van der Waals surface area (Å²) >= 11 is 0. The van der Waals surface area contributed by atoms with Crippen molar-refractivity contribution in [2.75, 3.05) is 64.8 Å². The SMILES string of the molecule is CN(C)S(=O)(=O)N(C)c1ccc(C(=O)NCCN2CCOCC2)cc1. The lowest BCUT2D eigenvalue weighted by atomic mass is 10.2. The zero-order chi connectivity index (χ0) is 18.4. The second-order valence-corrected chi connectivity index (χ2v) is 8.19. The number of carbonyl (C=O) groups excluding carboxylic acids is 1. The van der Waals surface area contributed by atoms with Gasteiger partial charge in [0, 0.05) is 52.9 Å². The van der Waals surface area contributed by atoms with Gasteiger partial charge in [0.2, 0.25) is 0 Å². The lowest BCUT2D eigenvalue weighted by Crippen LogP contribution is -2.41. The van der Waals surface area contributed by atoms with Crippen molar-refractivity contribution in [3.05, 3.63) is 29.8 Å². The van der Waals surface area contributed by atoms with Crippen LogP contribution in [0.1, 0.15) is 10.4 Å². The van der Waals surface area contributed by atoms with E-state index in [9.17, 15) is 13.2 Å². The number of amides is 1. The molecule has 0 saturated carbocycles. The number of hydrogen-bond acceptors (Lipinski definition) is 5. The summed E-state index contributed by atoms with van der Waals surface area (Å²) in [5.41, 5.74) is 1.000. The van der Waals surface area contributed by atoms with Crippen LogP contribution in [0.25, 0.3) is 0 Å². The zero-order valence-electron chi connectivity index (χ0n) is 14.9. The average Bonchev–Trinajstić information content (AvgIpc) is 2.62. The van der Waals surface area contributed by atoms with Crippen LogP contribution in [-0.2, 0) is 14.9 Å². The van der Waals surface area contributed by atoms with E-state index in [0.29, 0.717) is 17.8 Å². The first kappa shape index (κ1) is 19.6. The van der Waals surface area contributed by atoms with E-state index in [0.717, 1.165) is 37.2 Å². The molecule has 0 aliphatic carbocycles. The molecule has 1 aliphatic rings. The van der Waals surface area contributed by atoms with E-state index in [1.165, 1.54) is 25.4 Å². The highest BCUT2D eigenvalue weighted by atomic mass is 32.2. The fourth-order valence-corrected chi connectivity index (χ4v) is 3.33. The fourth-order valence-electron chi connectivity index (χ4n) is 2.46. The Morgan fingerprint density at radius 3 is 2.32 bits per heavy atom. The minimum Gasteiger partial charge on any atom is -0.379 e. The van der Waals surface area contributed by atoms with Gasteiger partial charge in [-0.1, -0.05) is 0 Å². The number of rotatable bonds is 7. The van der Waals surface area contributed by atoms with Gasteiger partial charge in [-0.3, -0.25) is 14.0 Å². The number of hydrogen-bond donors (Lipinski definition) is 1. The van der Waals surface area contributed by atoms with Gasteiger partial charge in [-0.15, -0.1) is 0 Å². The third kappa shape index (κ3) is 5.15. The molecular formula is C16H26N4O4S. The third-order valence-electron chi connectivity index (χ3n) is 4.12. The van der Waals surface area contributed by atoms with Gasteiger partial charge in [0.05, 0.1) is 18.9 Å². The van der Waals surface area contributed by atoms with Gasteiger partial charge in [-0.25, -0.2) is 0 Å². The molecule has 1 saturated heterocycles. The molecular weight excluding hydrogens is 344 g/mol. The van der Waals surface area contributed by atoms with Crippen molar-refractivity contribution in [3.8, 4) is 0 Å². The molecule has 0 unspecified atom stereocenters. The third-order valence-corrected chi connectivity index (χ3v) is 5.94. The lowest BCUT2D eigenvalue weighted by molar-refractivity contribution is 0.0383. The van der Waals surface area contributed by atoms with Gasteiger partial charge >= 0.3 is 10.2 Å². The number of nitrogens with one attached hydrogen (secondary N) is 1. The van der Waals surface area contributed by atoms with Gasteiger partial charge in [-0.05, 0) is 24.3 Å². The largest absolute Gasteiger partial charge is 0.379 e.